The lowest BCUT2D eigenvalue weighted by molar-refractivity contribution is 0.0785. The molecule has 5 nitrogen and oxygen atoms in total. The fraction of sp³-hybridized carbons (Fsp3) is 0.562. The molecule has 1 rings (SSSR count). The third kappa shape index (κ3) is 5.07. The first kappa shape index (κ1) is 17.0. The van der Waals surface area contributed by atoms with Crippen LogP contribution in [0, 0.1) is 17.2 Å². The van der Waals surface area contributed by atoms with Crippen molar-refractivity contribution in [1.29, 1.82) is 5.26 Å². The van der Waals surface area contributed by atoms with Crippen molar-refractivity contribution in [2.24, 2.45) is 5.92 Å². The zero-order valence-corrected chi connectivity index (χ0v) is 13.3. The van der Waals surface area contributed by atoms with E-state index in [1.54, 1.807) is 18.0 Å². The third-order valence-corrected chi connectivity index (χ3v) is 3.16. The van der Waals surface area contributed by atoms with Crippen molar-refractivity contribution in [2.75, 3.05) is 25.5 Å². The van der Waals surface area contributed by atoms with Crippen LogP contribution in [0.15, 0.2) is 12.1 Å². The molecule has 0 aromatic carbocycles. The van der Waals surface area contributed by atoms with Gasteiger partial charge in [-0.15, -0.1) is 0 Å². The molecule has 1 aromatic heterocycles. The number of nitriles is 1. The molecule has 0 fully saturated rings. The van der Waals surface area contributed by atoms with Gasteiger partial charge in [0.15, 0.2) is 0 Å². The lowest BCUT2D eigenvalue weighted by Crippen LogP contribution is -2.30. The van der Waals surface area contributed by atoms with Gasteiger partial charge in [-0.3, -0.25) is 4.79 Å². The summed E-state index contributed by atoms with van der Waals surface area (Å²) >= 11 is 0. The first-order valence-corrected chi connectivity index (χ1v) is 7.41. The maximum absolute atomic E-state index is 12.5. The molecule has 0 saturated carbocycles. The molecule has 0 radical (unpaired) electrons. The lowest BCUT2D eigenvalue weighted by atomic mass is 10.1. The SMILES string of the molecule is CCCNc1cc(C(=O)N(C)CC(C)C#N)cc(CC)n1. The highest BCUT2D eigenvalue weighted by atomic mass is 16.2. The maximum Gasteiger partial charge on any atom is 0.253 e. The Morgan fingerprint density at radius 2 is 2.19 bits per heavy atom. The third-order valence-electron chi connectivity index (χ3n) is 3.16. The topological polar surface area (TPSA) is 69.0 Å². The molecule has 0 aliphatic rings. The summed E-state index contributed by atoms with van der Waals surface area (Å²) in [6.45, 7) is 7.16. The van der Waals surface area contributed by atoms with Gasteiger partial charge in [0.1, 0.15) is 5.82 Å². The average molecular weight is 288 g/mol. The van der Waals surface area contributed by atoms with Crippen LogP contribution in [-0.2, 0) is 6.42 Å². The summed E-state index contributed by atoms with van der Waals surface area (Å²) in [5.41, 5.74) is 1.51. The van der Waals surface area contributed by atoms with Crippen LogP contribution in [0.25, 0.3) is 0 Å². The minimum absolute atomic E-state index is 0.0752. The monoisotopic (exact) mass is 288 g/mol. The fourth-order valence-electron chi connectivity index (χ4n) is 1.99. The van der Waals surface area contributed by atoms with Crippen molar-refractivity contribution in [1.82, 2.24) is 9.88 Å². The largest absolute Gasteiger partial charge is 0.370 e. The Hall–Kier alpha value is -2.09. The predicted molar refractivity (Wildman–Crippen MR) is 84.1 cm³/mol. The highest BCUT2D eigenvalue weighted by Gasteiger charge is 2.16. The van der Waals surface area contributed by atoms with Crippen molar-refractivity contribution in [2.45, 2.75) is 33.6 Å². The molecule has 1 heterocycles. The molecule has 21 heavy (non-hydrogen) atoms. The van der Waals surface area contributed by atoms with Crippen LogP contribution < -0.4 is 5.32 Å². The molecular formula is C16H24N4O. The Bertz CT molecular complexity index is 521. The minimum Gasteiger partial charge on any atom is -0.370 e. The van der Waals surface area contributed by atoms with Crippen LogP contribution in [0.1, 0.15) is 43.2 Å². The van der Waals surface area contributed by atoms with Gasteiger partial charge in [-0.1, -0.05) is 13.8 Å². The lowest BCUT2D eigenvalue weighted by Gasteiger charge is -2.19. The fourth-order valence-corrected chi connectivity index (χ4v) is 1.99. The Morgan fingerprint density at radius 3 is 2.76 bits per heavy atom. The van der Waals surface area contributed by atoms with Crippen LogP contribution in [-0.4, -0.2) is 35.9 Å². The highest BCUT2D eigenvalue weighted by molar-refractivity contribution is 5.94. The standard InChI is InChI=1S/C16H24N4O/c1-5-7-18-15-9-13(8-14(6-2)19-15)16(21)20(4)11-12(3)10-17/h8-9,12H,5-7,11H2,1-4H3,(H,18,19). The summed E-state index contributed by atoms with van der Waals surface area (Å²) in [4.78, 5) is 18.5. The van der Waals surface area contributed by atoms with Crippen molar-refractivity contribution in [3.63, 3.8) is 0 Å². The van der Waals surface area contributed by atoms with E-state index >= 15 is 0 Å². The molecule has 5 heteroatoms. The van der Waals surface area contributed by atoms with E-state index in [4.69, 9.17) is 5.26 Å². The molecule has 114 valence electrons. The first-order valence-electron chi connectivity index (χ1n) is 7.41. The van der Waals surface area contributed by atoms with E-state index in [0.29, 0.717) is 12.1 Å². The Labute approximate surface area is 127 Å². The van der Waals surface area contributed by atoms with Gasteiger partial charge in [0.25, 0.3) is 5.91 Å². The van der Waals surface area contributed by atoms with E-state index in [1.165, 1.54) is 0 Å². The zero-order valence-electron chi connectivity index (χ0n) is 13.3. The number of pyridine rings is 1. The number of aryl methyl sites for hydroxylation is 1. The van der Waals surface area contributed by atoms with E-state index in [-0.39, 0.29) is 11.8 Å². The Kier molecular flexibility index (Phi) is 6.67. The summed E-state index contributed by atoms with van der Waals surface area (Å²) < 4.78 is 0. The average Bonchev–Trinajstić information content (AvgIpc) is 2.51. The molecule has 1 aromatic rings. The van der Waals surface area contributed by atoms with Crippen LogP contribution in [0.4, 0.5) is 5.82 Å². The Balaban J connectivity index is 2.94. The second-order valence-corrected chi connectivity index (χ2v) is 5.23. The molecule has 1 N–H and O–H groups in total. The molecule has 1 unspecified atom stereocenters. The smallest absolute Gasteiger partial charge is 0.253 e. The molecule has 0 saturated heterocycles. The van der Waals surface area contributed by atoms with Crippen molar-refractivity contribution < 1.29 is 4.79 Å². The minimum atomic E-state index is -0.177. The van der Waals surface area contributed by atoms with Crippen LogP contribution in [0.3, 0.4) is 0 Å². The number of aromatic nitrogens is 1. The number of anilines is 1. The quantitative estimate of drug-likeness (QED) is 0.837. The number of nitrogens with zero attached hydrogens (tertiary/aromatic N) is 3. The van der Waals surface area contributed by atoms with Gasteiger partial charge in [-0.25, -0.2) is 4.98 Å². The number of nitrogens with one attached hydrogen (secondary N) is 1. The zero-order chi connectivity index (χ0) is 15.8. The molecule has 0 aliphatic carbocycles. The van der Waals surface area contributed by atoms with Gasteiger partial charge in [0.2, 0.25) is 0 Å². The van der Waals surface area contributed by atoms with Gasteiger partial charge in [-0.05, 0) is 31.9 Å². The van der Waals surface area contributed by atoms with E-state index in [0.717, 1.165) is 30.9 Å². The summed E-state index contributed by atoms with van der Waals surface area (Å²) in [6.07, 6.45) is 1.78. The predicted octanol–water partition coefficient (Wildman–Crippen LogP) is 2.70. The van der Waals surface area contributed by atoms with Gasteiger partial charge in [0, 0.05) is 31.4 Å². The van der Waals surface area contributed by atoms with Crippen LogP contribution in [0.2, 0.25) is 0 Å². The molecule has 1 atom stereocenters. The van der Waals surface area contributed by atoms with Gasteiger partial charge in [-0.2, -0.15) is 5.26 Å². The van der Waals surface area contributed by atoms with Crippen LogP contribution in [0.5, 0.6) is 0 Å². The summed E-state index contributed by atoms with van der Waals surface area (Å²) in [7, 11) is 1.72. The second-order valence-electron chi connectivity index (χ2n) is 5.23. The number of hydrogen-bond acceptors (Lipinski definition) is 4. The van der Waals surface area contributed by atoms with Crippen molar-refractivity contribution in [3.8, 4) is 6.07 Å². The maximum atomic E-state index is 12.5. The number of hydrogen-bond donors (Lipinski definition) is 1. The van der Waals surface area contributed by atoms with Crippen LogP contribution >= 0.6 is 0 Å². The number of carbonyl (C=O) groups is 1. The summed E-state index contributed by atoms with van der Waals surface area (Å²) in [5.74, 6) is 0.485. The second kappa shape index (κ2) is 8.25. The summed E-state index contributed by atoms with van der Waals surface area (Å²) in [5, 5.41) is 12.1. The van der Waals surface area contributed by atoms with E-state index in [9.17, 15) is 4.79 Å². The molecule has 1 amide bonds. The number of amides is 1. The number of carbonyl (C=O) groups excluding carboxylic acids is 1. The van der Waals surface area contributed by atoms with Crippen molar-refractivity contribution >= 4 is 11.7 Å². The highest BCUT2D eigenvalue weighted by Crippen LogP contribution is 2.14. The molecule has 0 bridgehead atoms. The van der Waals surface area contributed by atoms with Gasteiger partial charge >= 0.3 is 0 Å². The van der Waals surface area contributed by atoms with Crippen molar-refractivity contribution in [3.05, 3.63) is 23.4 Å². The van der Waals surface area contributed by atoms with Gasteiger partial charge < -0.3 is 10.2 Å². The van der Waals surface area contributed by atoms with Gasteiger partial charge in [0.05, 0.1) is 12.0 Å². The molecular weight excluding hydrogens is 264 g/mol. The molecule has 0 spiro atoms. The normalized spacial score (nSPS) is 11.6. The van der Waals surface area contributed by atoms with E-state index in [2.05, 4.69) is 23.3 Å². The Morgan fingerprint density at radius 1 is 1.48 bits per heavy atom. The first-order chi connectivity index (χ1) is 10.0. The molecule has 0 aliphatic heterocycles. The number of rotatable bonds is 7. The van der Waals surface area contributed by atoms with E-state index in [1.807, 2.05) is 19.9 Å². The summed E-state index contributed by atoms with van der Waals surface area (Å²) in [6, 6.07) is 5.75. The van der Waals surface area contributed by atoms with E-state index < -0.39 is 0 Å².